The van der Waals surface area contributed by atoms with Gasteiger partial charge in [0.2, 0.25) is 0 Å². The van der Waals surface area contributed by atoms with Gasteiger partial charge < -0.3 is 4.74 Å². The normalized spacial score (nSPS) is 12.4. The molecule has 0 spiro atoms. The first kappa shape index (κ1) is 13.7. The van der Waals surface area contributed by atoms with Crippen molar-refractivity contribution < 1.29 is 9.53 Å². The third kappa shape index (κ3) is 3.58. The summed E-state index contributed by atoms with van der Waals surface area (Å²) in [5.74, 6) is -0.304. The summed E-state index contributed by atoms with van der Waals surface area (Å²) < 4.78 is 7.05. The molecular formula is C13H22N2O2. The number of nitrogens with zero attached hydrogens (tertiary/aromatic N) is 2. The van der Waals surface area contributed by atoms with E-state index >= 15 is 0 Å². The average molecular weight is 238 g/mol. The fourth-order valence-corrected chi connectivity index (χ4v) is 1.96. The third-order valence-corrected chi connectivity index (χ3v) is 2.69. The second-order valence-electron chi connectivity index (χ2n) is 4.07. The summed E-state index contributed by atoms with van der Waals surface area (Å²) in [6, 6.07) is 1.92. The van der Waals surface area contributed by atoms with Crippen molar-refractivity contribution in [1.29, 1.82) is 0 Å². The van der Waals surface area contributed by atoms with Gasteiger partial charge in [-0.1, -0.05) is 20.3 Å². The quantitative estimate of drug-likeness (QED) is 0.686. The molecule has 0 radical (unpaired) electrons. The van der Waals surface area contributed by atoms with Gasteiger partial charge in [-0.3, -0.25) is 9.48 Å². The van der Waals surface area contributed by atoms with Crippen molar-refractivity contribution in [3.05, 3.63) is 18.0 Å². The number of aromatic nitrogens is 2. The Morgan fingerprint density at radius 2 is 2.18 bits per heavy atom. The summed E-state index contributed by atoms with van der Waals surface area (Å²) >= 11 is 0. The van der Waals surface area contributed by atoms with Gasteiger partial charge in [-0.15, -0.1) is 0 Å². The molecule has 0 saturated heterocycles. The van der Waals surface area contributed by atoms with E-state index in [1.54, 1.807) is 6.20 Å². The van der Waals surface area contributed by atoms with E-state index < -0.39 is 0 Å². The Kier molecular flexibility index (Phi) is 5.73. The van der Waals surface area contributed by atoms with Crippen LogP contribution in [0, 0.1) is 0 Å². The van der Waals surface area contributed by atoms with Crippen molar-refractivity contribution in [3.63, 3.8) is 0 Å². The second kappa shape index (κ2) is 7.09. The number of carbonyl (C=O) groups excluding carboxylic acids is 1. The predicted octanol–water partition coefficient (Wildman–Crippen LogP) is 2.74. The van der Waals surface area contributed by atoms with E-state index in [0.717, 1.165) is 31.5 Å². The molecule has 4 nitrogen and oxygen atoms in total. The molecule has 4 heteroatoms. The highest BCUT2D eigenvalue weighted by molar-refractivity contribution is 5.77. The first-order valence-electron chi connectivity index (χ1n) is 6.42. The van der Waals surface area contributed by atoms with Gasteiger partial charge in [0.1, 0.15) is 0 Å². The van der Waals surface area contributed by atoms with Gasteiger partial charge in [0.25, 0.3) is 0 Å². The van der Waals surface area contributed by atoms with Crippen LogP contribution in [0.2, 0.25) is 0 Å². The number of carbonyl (C=O) groups is 1. The Hall–Kier alpha value is -1.32. The van der Waals surface area contributed by atoms with E-state index in [4.69, 9.17) is 4.74 Å². The number of ether oxygens (including phenoxy) is 1. The molecule has 96 valence electrons. The van der Waals surface area contributed by atoms with Gasteiger partial charge in [0, 0.05) is 12.7 Å². The minimum Gasteiger partial charge on any atom is -0.465 e. The molecule has 0 aromatic carbocycles. The maximum absolute atomic E-state index is 11.9. The van der Waals surface area contributed by atoms with E-state index in [1.165, 1.54) is 0 Å². The van der Waals surface area contributed by atoms with Gasteiger partial charge in [0.15, 0.2) is 0 Å². The van der Waals surface area contributed by atoms with Crippen molar-refractivity contribution in [1.82, 2.24) is 9.78 Å². The van der Waals surface area contributed by atoms with Crippen LogP contribution in [0.5, 0.6) is 0 Å². The van der Waals surface area contributed by atoms with Gasteiger partial charge >= 0.3 is 5.97 Å². The highest BCUT2D eigenvalue weighted by atomic mass is 16.5. The van der Waals surface area contributed by atoms with Crippen LogP contribution < -0.4 is 0 Å². The lowest BCUT2D eigenvalue weighted by Crippen LogP contribution is -2.19. The van der Waals surface area contributed by atoms with Gasteiger partial charge in [0.05, 0.1) is 18.2 Å². The van der Waals surface area contributed by atoms with E-state index in [9.17, 15) is 4.79 Å². The third-order valence-electron chi connectivity index (χ3n) is 2.69. The molecular weight excluding hydrogens is 216 g/mol. The Morgan fingerprint density at radius 3 is 2.76 bits per heavy atom. The van der Waals surface area contributed by atoms with E-state index in [0.29, 0.717) is 6.61 Å². The summed E-state index contributed by atoms with van der Waals surface area (Å²) in [6.07, 6.45) is 4.54. The van der Waals surface area contributed by atoms with E-state index in [2.05, 4.69) is 18.9 Å². The Labute approximate surface area is 103 Å². The number of aryl methyl sites for hydroxylation is 1. The first-order valence-corrected chi connectivity index (χ1v) is 6.42. The summed E-state index contributed by atoms with van der Waals surface area (Å²) in [5.41, 5.74) is 0.979. The smallest absolute Gasteiger partial charge is 0.314 e. The SMILES string of the molecule is CCCC(C(=O)OCC)c1ccnn1CCC. The van der Waals surface area contributed by atoms with Crippen LogP contribution in [-0.2, 0) is 16.1 Å². The fraction of sp³-hybridized carbons (Fsp3) is 0.692. The summed E-state index contributed by atoms with van der Waals surface area (Å²) in [6.45, 7) is 7.30. The highest BCUT2D eigenvalue weighted by Gasteiger charge is 2.24. The molecule has 0 N–H and O–H groups in total. The number of hydrogen-bond donors (Lipinski definition) is 0. The maximum atomic E-state index is 11.9. The molecule has 0 saturated carbocycles. The van der Waals surface area contributed by atoms with Crippen LogP contribution in [0.4, 0.5) is 0 Å². The monoisotopic (exact) mass is 238 g/mol. The molecule has 0 aliphatic carbocycles. The van der Waals surface area contributed by atoms with Gasteiger partial charge in [-0.2, -0.15) is 5.10 Å². The molecule has 1 rings (SSSR count). The van der Waals surface area contributed by atoms with Crippen molar-refractivity contribution in [3.8, 4) is 0 Å². The fourth-order valence-electron chi connectivity index (χ4n) is 1.96. The van der Waals surface area contributed by atoms with Crippen LogP contribution >= 0.6 is 0 Å². The Bertz CT molecular complexity index is 347. The largest absolute Gasteiger partial charge is 0.465 e. The molecule has 0 aliphatic rings. The lowest BCUT2D eigenvalue weighted by Gasteiger charge is -2.16. The van der Waals surface area contributed by atoms with Gasteiger partial charge in [-0.25, -0.2) is 0 Å². The van der Waals surface area contributed by atoms with Crippen molar-refractivity contribution in [2.24, 2.45) is 0 Å². The second-order valence-corrected chi connectivity index (χ2v) is 4.07. The number of hydrogen-bond acceptors (Lipinski definition) is 3. The molecule has 0 amide bonds. The molecule has 0 aliphatic heterocycles. The predicted molar refractivity (Wildman–Crippen MR) is 66.8 cm³/mol. The summed E-state index contributed by atoms with van der Waals surface area (Å²) in [4.78, 5) is 11.9. The van der Waals surface area contributed by atoms with Crippen LogP contribution in [0.25, 0.3) is 0 Å². The molecule has 0 bridgehead atoms. The molecule has 1 unspecified atom stereocenters. The van der Waals surface area contributed by atoms with Crippen molar-refractivity contribution in [2.45, 2.75) is 52.5 Å². The Balaban J connectivity index is 2.88. The summed E-state index contributed by atoms with van der Waals surface area (Å²) in [7, 11) is 0. The van der Waals surface area contributed by atoms with Crippen LogP contribution in [0.1, 0.15) is 51.6 Å². The van der Waals surface area contributed by atoms with Crippen molar-refractivity contribution >= 4 is 5.97 Å². The molecule has 1 heterocycles. The minimum atomic E-state index is -0.172. The van der Waals surface area contributed by atoms with E-state index in [1.807, 2.05) is 17.7 Å². The zero-order valence-electron chi connectivity index (χ0n) is 11.0. The topological polar surface area (TPSA) is 44.1 Å². The van der Waals surface area contributed by atoms with Crippen LogP contribution in [-0.4, -0.2) is 22.4 Å². The maximum Gasteiger partial charge on any atom is 0.314 e. The Morgan fingerprint density at radius 1 is 1.41 bits per heavy atom. The highest BCUT2D eigenvalue weighted by Crippen LogP contribution is 2.23. The first-order chi connectivity index (χ1) is 8.24. The minimum absolute atomic E-state index is 0.132. The van der Waals surface area contributed by atoms with Crippen molar-refractivity contribution in [2.75, 3.05) is 6.61 Å². The molecule has 0 fully saturated rings. The number of rotatable bonds is 7. The molecule has 1 aromatic rings. The number of esters is 1. The summed E-state index contributed by atoms with van der Waals surface area (Å²) in [5, 5.41) is 4.26. The molecule has 1 atom stereocenters. The van der Waals surface area contributed by atoms with Gasteiger partial charge in [-0.05, 0) is 25.8 Å². The standard InChI is InChI=1S/C13H22N2O2/c1-4-7-11(13(16)17-6-3)12-8-9-14-15(12)10-5-2/h8-9,11H,4-7,10H2,1-3H3. The average Bonchev–Trinajstić information content (AvgIpc) is 2.75. The van der Waals surface area contributed by atoms with E-state index in [-0.39, 0.29) is 11.9 Å². The van der Waals surface area contributed by atoms with Crippen LogP contribution in [0.3, 0.4) is 0 Å². The lowest BCUT2D eigenvalue weighted by atomic mass is 10.00. The zero-order valence-corrected chi connectivity index (χ0v) is 11.0. The molecule has 1 aromatic heterocycles. The molecule has 17 heavy (non-hydrogen) atoms. The van der Waals surface area contributed by atoms with Crippen LogP contribution in [0.15, 0.2) is 12.3 Å². The lowest BCUT2D eigenvalue weighted by molar-refractivity contribution is -0.145. The zero-order chi connectivity index (χ0) is 12.7.